The topological polar surface area (TPSA) is 63.6 Å². The monoisotopic (exact) mass is 330 g/mol. The van der Waals surface area contributed by atoms with Crippen LogP contribution in [0.3, 0.4) is 0 Å². The van der Waals surface area contributed by atoms with E-state index in [1.165, 1.54) is 0 Å². The molecule has 1 aliphatic heterocycles. The third-order valence-electron chi connectivity index (χ3n) is 4.37. The third-order valence-corrected chi connectivity index (χ3v) is 4.37. The highest BCUT2D eigenvalue weighted by molar-refractivity contribution is 5.94. The zero-order valence-electron chi connectivity index (χ0n) is 13.2. The lowest BCUT2D eigenvalue weighted by atomic mass is 9.97. The molecule has 0 aliphatic carbocycles. The Morgan fingerprint density at radius 3 is 1.92 bits per heavy atom. The van der Waals surface area contributed by atoms with Crippen LogP contribution in [-0.2, 0) is 11.3 Å². The number of hydrogen-bond acceptors (Lipinski definition) is 3. The fourth-order valence-corrected chi connectivity index (χ4v) is 2.97. The van der Waals surface area contributed by atoms with Gasteiger partial charge in [-0.2, -0.15) is 0 Å². The minimum Gasteiger partial charge on any atom is -0.478 e. The van der Waals surface area contributed by atoms with Gasteiger partial charge in [-0.25, -0.2) is 9.59 Å². The van der Waals surface area contributed by atoms with Crippen LogP contribution in [0.25, 0.3) is 22.3 Å². The summed E-state index contributed by atoms with van der Waals surface area (Å²) in [5.74, 6) is -1.19. The molecule has 4 nitrogen and oxygen atoms in total. The van der Waals surface area contributed by atoms with Crippen LogP contribution < -0.4 is 0 Å². The predicted molar refractivity (Wildman–Crippen MR) is 93.4 cm³/mol. The van der Waals surface area contributed by atoms with Crippen molar-refractivity contribution in [2.75, 3.05) is 0 Å². The number of benzene rings is 3. The van der Waals surface area contributed by atoms with Crippen LogP contribution in [0, 0.1) is 0 Å². The molecule has 0 aromatic heterocycles. The Hall–Kier alpha value is -3.40. The predicted octanol–water partition coefficient (Wildman–Crippen LogP) is 4.39. The van der Waals surface area contributed by atoms with Crippen molar-refractivity contribution in [2.45, 2.75) is 6.61 Å². The number of carbonyl (C=O) groups is 2. The highest BCUT2D eigenvalue weighted by Crippen LogP contribution is 2.29. The second kappa shape index (κ2) is 5.91. The van der Waals surface area contributed by atoms with Gasteiger partial charge in [0.05, 0.1) is 11.1 Å². The minimum absolute atomic E-state index is 0.262. The van der Waals surface area contributed by atoms with Gasteiger partial charge in [0.15, 0.2) is 0 Å². The SMILES string of the molecule is O=C(O)c1ccc(-c2ccc(-c3ccc4c(c3)COC4=O)cc2)cc1. The number of carboxylic acid groups (broad SMARTS) is 1. The molecule has 0 unspecified atom stereocenters. The number of carbonyl (C=O) groups excluding carboxylic acids is 1. The maximum absolute atomic E-state index is 11.5. The van der Waals surface area contributed by atoms with E-state index in [4.69, 9.17) is 9.84 Å². The van der Waals surface area contributed by atoms with Crippen molar-refractivity contribution in [3.8, 4) is 22.3 Å². The molecule has 0 radical (unpaired) electrons. The Morgan fingerprint density at radius 2 is 1.32 bits per heavy atom. The van der Waals surface area contributed by atoms with Gasteiger partial charge >= 0.3 is 11.9 Å². The molecule has 25 heavy (non-hydrogen) atoms. The summed E-state index contributed by atoms with van der Waals surface area (Å²) >= 11 is 0. The van der Waals surface area contributed by atoms with Crippen LogP contribution in [0.1, 0.15) is 26.3 Å². The van der Waals surface area contributed by atoms with E-state index in [0.29, 0.717) is 12.2 Å². The number of hydrogen-bond donors (Lipinski definition) is 1. The normalized spacial score (nSPS) is 12.6. The standard InChI is InChI=1S/C21H14O4/c22-20(23)16-7-5-14(6-8-16)13-1-3-15(4-2-13)17-9-10-19-18(11-17)12-25-21(19)24/h1-11H,12H2,(H,22,23). The fourth-order valence-electron chi connectivity index (χ4n) is 2.97. The quantitative estimate of drug-likeness (QED) is 0.724. The van der Waals surface area contributed by atoms with E-state index in [1.807, 2.05) is 36.4 Å². The summed E-state index contributed by atoms with van der Waals surface area (Å²) in [7, 11) is 0. The lowest BCUT2D eigenvalue weighted by molar-refractivity contribution is 0.0534. The van der Waals surface area contributed by atoms with Gasteiger partial charge in [0, 0.05) is 5.56 Å². The van der Waals surface area contributed by atoms with Crippen molar-refractivity contribution in [3.05, 3.63) is 83.4 Å². The Bertz CT molecular complexity index is 970. The first-order valence-corrected chi connectivity index (χ1v) is 7.86. The zero-order valence-corrected chi connectivity index (χ0v) is 13.2. The largest absolute Gasteiger partial charge is 0.478 e. The van der Waals surface area contributed by atoms with E-state index < -0.39 is 5.97 Å². The highest BCUT2D eigenvalue weighted by atomic mass is 16.5. The van der Waals surface area contributed by atoms with Gasteiger partial charge in [-0.15, -0.1) is 0 Å². The van der Waals surface area contributed by atoms with Crippen LogP contribution in [0.15, 0.2) is 66.7 Å². The van der Waals surface area contributed by atoms with E-state index in [0.717, 1.165) is 27.8 Å². The first-order chi connectivity index (χ1) is 12.1. The molecule has 1 aliphatic rings. The second-order valence-corrected chi connectivity index (χ2v) is 5.91. The Kier molecular flexibility index (Phi) is 3.58. The van der Waals surface area contributed by atoms with Gasteiger partial charge < -0.3 is 9.84 Å². The van der Waals surface area contributed by atoms with Crippen LogP contribution in [0.5, 0.6) is 0 Å². The zero-order chi connectivity index (χ0) is 17.4. The molecule has 0 fully saturated rings. The molecule has 3 aromatic carbocycles. The molecule has 0 atom stereocenters. The molecule has 0 spiro atoms. The van der Waals surface area contributed by atoms with Gasteiger partial charge in [0.2, 0.25) is 0 Å². The van der Waals surface area contributed by atoms with E-state index in [9.17, 15) is 9.59 Å². The van der Waals surface area contributed by atoms with E-state index >= 15 is 0 Å². The van der Waals surface area contributed by atoms with Crippen LogP contribution in [-0.4, -0.2) is 17.0 Å². The fraction of sp³-hybridized carbons (Fsp3) is 0.0476. The number of aromatic carboxylic acids is 1. The number of esters is 1. The van der Waals surface area contributed by atoms with Crippen molar-refractivity contribution in [1.82, 2.24) is 0 Å². The summed E-state index contributed by atoms with van der Waals surface area (Å²) in [6.45, 7) is 0.329. The number of rotatable bonds is 3. The molecular weight excluding hydrogens is 316 g/mol. The first-order valence-electron chi connectivity index (χ1n) is 7.86. The molecule has 1 heterocycles. The summed E-state index contributed by atoms with van der Waals surface area (Å²) in [4.78, 5) is 22.4. The molecule has 0 saturated heterocycles. The average molecular weight is 330 g/mol. The van der Waals surface area contributed by atoms with Crippen molar-refractivity contribution < 1.29 is 19.4 Å². The third kappa shape index (κ3) is 2.78. The average Bonchev–Trinajstić information content (AvgIpc) is 3.02. The van der Waals surface area contributed by atoms with E-state index in [-0.39, 0.29) is 11.5 Å². The number of fused-ring (bicyclic) bond motifs is 1. The van der Waals surface area contributed by atoms with Crippen LogP contribution in [0.4, 0.5) is 0 Å². The molecule has 122 valence electrons. The van der Waals surface area contributed by atoms with Gasteiger partial charge in [-0.05, 0) is 46.5 Å². The maximum atomic E-state index is 11.5. The Balaban J connectivity index is 1.62. The summed E-state index contributed by atoms with van der Waals surface area (Å²) < 4.78 is 5.04. The van der Waals surface area contributed by atoms with Crippen molar-refractivity contribution >= 4 is 11.9 Å². The molecule has 0 saturated carbocycles. The molecule has 4 rings (SSSR count). The summed E-state index contributed by atoms with van der Waals surface area (Å²) in [5.41, 5.74) is 5.88. The van der Waals surface area contributed by atoms with E-state index in [2.05, 4.69) is 0 Å². The van der Waals surface area contributed by atoms with Gasteiger partial charge in [0.1, 0.15) is 6.61 Å². The molecular formula is C21H14O4. The molecule has 0 amide bonds. The lowest BCUT2D eigenvalue weighted by Gasteiger charge is -2.06. The first kappa shape index (κ1) is 15.1. The maximum Gasteiger partial charge on any atom is 0.338 e. The molecule has 3 aromatic rings. The van der Waals surface area contributed by atoms with Gasteiger partial charge in [-0.3, -0.25) is 0 Å². The van der Waals surface area contributed by atoms with Crippen molar-refractivity contribution in [2.24, 2.45) is 0 Å². The summed E-state index contributed by atoms with van der Waals surface area (Å²) in [6.07, 6.45) is 0. The Morgan fingerprint density at radius 1 is 0.800 bits per heavy atom. The van der Waals surface area contributed by atoms with Crippen molar-refractivity contribution in [3.63, 3.8) is 0 Å². The summed E-state index contributed by atoms with van der Waals surface area (Å²) in [6, 6.07) is 20.5. The number of cyclic esters (lactones) is 1. The number of carboxylic acids is 1. The second-order valence-electron chi connectivity index (χ2n) is 5.91. The smallest absolute Gasteiger partial charge is 0.338 e. The number of ether oxygens (including phenoxy) is 1. The minimum atomic E-state index is -0.930. The molecule has 0 bridgehead atoms. The summed E-state index contributed by atoms with van der Waals surface area (Å²) in [5, 5.41) is 8.96. The van der Waals surface area contributed by atoms with Crippen molar-refractivity contribution in [1.29, 1.82) is 0 Å². The molecule has 4 heteroatoms. The van der Waals surface area contributed by atoms with Gasteiger partial charge in [-0.1, -0.05) is 42.5 Å². The Labute approximate surface area is 144 Å². The molecule has 1 N–H and O–H groups in total. The highest BCUT2D eigenvalue weighted by Gasteiger charge is 2.21. The van der Waals surface area contributed by atoms with Crippen LogP contribution in [0.2, 0.25) is 0 Å². The van der Waals surface area contributed by atoms with E-state index in [1.54, 1.807) is 30.3 Å². The lowest BCUT2D eigenvalue weighted by Crippen LogP contribution is -1.94. The van der Waals surface area contributed by atoms with Gasteiger partial charge in [0.25, 0.3) is 0 Å². The van der Waals surface area contributed by atoms with Crippen LogP contribution >= 0.6 is 0 Å².